The molecule has 0 heterocycles. The first-order valence-corrected chi connectivity index (χ1v) is 8.15. The third-order valence-corrected chi connectivity index (χ3v) is 4.29. The Labute approximate surface area is 124 Å². The predicted molar refractivity (Wildman–Crippen MR) is 83.8 cm³/mol. The van der Waals surface area contributed by atoms with E-state index in [1.54, 1.807) is 0 Å². The van der Waals surface area contributed by atoms with E-state index in [4.69, 9.17) is 4.74 Å². The van der Waals surface area contributed by atoms with Gasteiger partial charge in [-0.3, -0.25) is 0 Å². The van der Waals surface area contributed by atoms with Gasteiger partial charge in [-0.1, -0.05) is 45.3 Å². The first-order valence-electron chi connectivity index (χ1n) is 8.15. The molecule has 0 bridgehead atoms. The quantitative estimate of drug-likeness (QED) is 0.709. The number of ether oxygens (including phenoxy) is 1. The van der Waals surface area contributed by atoms with E-state index >= 15 is 0 Å². The van der Waals surface area contributed by atoms with Gasteiger partial charge in [0.15, 0.2) is 0 Å². The van der Waals surface area contributed by atoms with Crippen LogP contribution in [0, 0.1) is 5.92 Å². The summed E-state index contributed by atoms with van der Waals surface area (Å²) in [6, 6.07) is 0.0737. The van der Waals surface area contributed by atoms with Crippen LogP contribution in [0.4, 0.5) is 4.79 Å². The zero-order valence-corrected chi connectivity index (χ0v) is 13.6. The summed E-state index contributed by atoms with van der Waals surface area (Å²) in [6.45, 7) is 8.25. The maximum absolute atomic E-state index is 12.1. The second-order valence-corrected chi connectivity index (χ2v) is 6.32. The molecule has 1 unspecified atom stereocenters. The molecule has 0 saturated heterocycles. The second kappa shape index (κ2) is 8.33. The van der Waals surface area contributed by atoms with Crippen molar-refractivity contribution in [3.8, 4) is 0 Å². The van der Waals surface area contributed by atoms with Crippen molar-refractivity contribution in [2.75, 3.05) is 0 Å². The molecule has 1 rings (SSSR count). The maximum Gasteiger partial charge on any atom is 0.408 e. The molecule has 1 saturated carbocycles. The van der Waals surface area contributed by atoms with Crippen molar-refractivity contribution in [3.63, 3.8) is 0 Å². The molecule has 3 heteroatoms. The van der Waals surface area contributed by atoms with E-state index in [0.717, 1.165) is 12.8 Å². The van der Waals surface area contributed by atoms with Gasteiger partial charge in [0.1, 0.15) is 5.60 Å². The molecule has 1 aliphatic rings. The zero-order valence-electron chi connectivity index (χ0n) is 13.6. The first-order chi connectivity index (χ1) is 9.49. The van der Waals surface area contributed by atoms with Crippen molar-refractivity contribution in [1.29, 1.82) is 0 Å². The van der Waals surface area contributed by atoms with E-state index in [-0.39, 0.29) is 17.7 Å². The van der Waals surface area contributed by atoms with E-state index in [2.05, 4.69) is 31.3 Å². The van der Waals surface area contributed by atoms with Gasteiger partial charge in [0.2, 0.25) is 0 Å². The van der Waals surface area contributed by atoms with Crippen LogP contribution in [0.5, 0.6) is 0 Å². The lowest BCUT2D eigenvalue weighted by Crippen LogP contribution is -2.43. The van der Waals surface area contributed by atoms with Crippen molar-refractivity contribution < 1.29 is 9.53 Å². The summed E-state index contributed by atoms with van der Waals surface area (Å²) in [6.07, 6.45) is 11.9. The normalized spacial score (nSPS) is 19.0. The fourth-order valence-corrected chi connectivity index (χ4v) is 2.89. The lowest BCUT2D eigenvalue weighted by molar-refractivity contribution is -0.0191. The van der Waals surface area contributed by atoms with Gasteiger partial charge < -0.3 is 10.1 Å². The maximum atomic E-state index is 12.1. The van der Waals surface area contributed by atoms with E-state index in [9.17, 15) is 4.79 Å². The van der Waals surface area contributed by atoms with Gasteiger partial charge in [-0.2, -0.15) is 0 Å². The van der Waals surface area contributed by atoms with Gasteiger partial charge in [0, 0.05) is 0 Å². The highest BCUT2D eigenvalue weighted by Gasteiger charge is 2.34. The van der Waals surface area contributed by atoms with Gasteiger partial charge in [-0.25, -0.2) is 4.79 Å². The fourth-order valence-electron chi connectivity index (χ4n) is 2.89. The number of hydrogen-bond donors (Lipinski definition) is 1. The molecule has 0 aliphatic heterocycles. The molecule has 1 amide bonds. The first kappa shape index (κ1) is 17.1. The Morgan fingerprint density at radius 1 is 1.30 bits per heavy atom. The summed E-state index contributed by atoms with van der Waals surface area (Å²) >= 11 is 0. The average molecular weight is 281 g/mol. The lowest BCUT2D eigenvalue weighted by atomic mass is 9.79. The van der Waals surface area contributed by atoms with Gasteiger partial charge in [0.05, 0.1) is 6.04 Å². The molecule has 3 nitrogen and oxygen atoms in total. The van der Waals surface area contributed by atoms with E-state index in [1.165, 1.54) is 32.1 Å². The minimum absolute atomic E-state index is 0.0737. The summed E-state index contributed by atoms with van der Waals surface area (Å²) < 4.78 is 5.71. The predicted octanol–water partition coefficient (Wildman–Crippen LogP) is 4.82. The Morgan fingerprint density at radius 2 is 1.95 bits per heavy atom. The molecule has 20 heavy (non-hydrogen) atoms. The van der Waals surface area contributed by atoms with Crippen molar-refractivity contribution in [2.24, 2.45) is 5.92 Å². The highest BCUT2D eigenvalue weighted by atomic mass is 16.6. The molecule has 116 valence electrons. The summed E-state index contributed by atoms with van der Waals surface area (Å²) in [5.74, 6) is 0.494. The number of carbonyl (C=O) groups is 1. The molecule has 0 aromatic carbocycles. The number of amides is 1. The monoisotopic (exact) mass is 281 g/mol. The second-order valence-electron chi connectivity index (χ2n) is 6.32. The van der Waals surface area contributed by atoms with Gasteiger partial charge in [-0.05, 0) is 45.4 Å². The van der Waals surface area contributed by atoms with Gasteiger partial charge in [-0.15, -0.1) is 0 Å². The highest BCUT2D eigenvalue weighted by molar-refractivity contribution is 5.68. The van der Waals surface area contributed by atoms with Crippen molar-refractivity contribution in [3.05, 3.63) is 12.2 Å². The Bertz CT molecular complexity index is 317. The summed E-state index contributed by atoms with van der Waals surface area (Å²) in [7, 11) is 0. The Morgan fingerprint density at radius 3 is 2.50 bits per heavy atom. The van der Waals surface area contributed by atoms with Crippen LogP contribution in [0.3, 0.4) is 0 Å². The number of rotatable bonds is 6. The van der Waals surface area contributed by atoms with Crippen LogP contribution >= 0.6 is 0 Å². The van der Waals surface area contributed by atoms with Crippen LogP contribution in [0.2, 0.25) is 0 Å². The number of carbonyl (C=O) groups excluding carboxylic acids is 1. The van der Waals surface area contributed by atoms with Gasteiger partial charge >= 0.3 is 6.09 Å². The lowest BCUT2D eigenvalue weighted by Gasteiger charge is -2.36. The number of nitrogens with one attached hydrogen (secondary N) is 1. The van der Waals surface area contributed by atoms with Crippen LogP contribution in [-0.2, 0) is 4.74 Å². The summed E-state index contributed by atoms with van der Waals surface area (Å²) in [5.41, 5.74) is -0.364. The Kier molecular flexibility index (Phi) is 7.11. The molecular weight excluding hydrogens is 250 g/mol. The molecular formula is C17H31NO2. The Balaban J connectivity index is 2.48. The number of hydrogen-bond acceptors (Lipinski definition) is 2. The minimum atomic E-state index is -0.364. The third-order valence-electron chi connectivity index (χ3n) is 4.29. The zero-order chi connectivity index (χ0) is 15.0. The summed E-state index contributed by atoms with van der Waals surface area (Å²) in [5, 5.41) is 2.95. The topological polar surface area (TPSA) is 38.3 Å². The van der Waals surface area contributed by atoms with E-state index in [1.807, 2.05) is 13.8 Å². The third kappa shape index (κ3) is 5.56. The van der Waals surface area contributed by atoms with E-state index in [0.29, 0.717) is 5.92 Å². The van der Waals surface area contributed by atoms with Crippen molar-refractivity contribution >= 4 is 6.09 Å². The molecule has 0 aromatic heterocycles. The van der Waals surface area contributed by atoms with Crippen LogP contribution in [0.1, 0.15) is 72.6 Å². The number of alkyl carbamates (subject to hydrolysis) is 1. The molecule has 1 N–H and O–H groups in total. The van der Waals surface area contributed by atoms with Gasteiger partial charge in [0.25, 0.3) is 0 Å². The molecule has 0 aromatic rings. The standard InChI is InChI=1S/C17H31NO2/c1-5-7-13-15(6-2)18-16(19)20-17(3,4)14-11-9-8-10-12-14/h7,13-15H,5-6,8-12H2,1-4H3,(H,18,19). The SMILES string of the molecule is CCC=CC(CC)NC(=O)OC(C)(C)C1CCCCC1. The largest absolute Gasteiger partial charge is 0.443 e. The van der Waals surface area contributed by atoms with Crippen LogP contribution in [0.15, 0.2) is 12.2 Å². The van der Waals surface area contributed by atoms with E-state index < -0.39 is 0 Å². The fraction of sp³-hybridized carbons (Fsp3) is 0.824. The average Bonchev–Trinajstić information content (AvgIpc) is 2.43. The Hall–Kier alpha value is -0.990. The summed E-state index contributed by atoms with van der Waals surface area (Å²) in [4.78, 5) is 12.1. The minimum Gasteiger partial charge on any atom is -0.443 e. The smallest absolute Gasteiger partial charge is 0.408 e. The molecule has 0 radical (unpaired) electrons. The molecule has 1 aliphatic carbocycles. The highest BCUT2D eigenvalue weighted by Crippen LogP contribution is 2.34. The van der Waals surface area contributed by atoms with Crippen LogP contribution in [0.25, 0.3) is 0 Å². The van der Waals surface area contributed by atoms with Crippen molar-refractivity contribution in [1.82, 2.24) is 5.32 Å². The number of allylic oxidation sites excluding steroid dienone is 1. The van der Waals surface area contributed by atoms with Crippen LogP contribution in [-0.4, -0.2) is 17.7 Å². The molecule has 1 atom stereocenters. The van der Waals surface area contributed by atoms with Crippen LogP contribution < -0.4 is 5.32 Å². The molecule has 1 fully saturated rings. The van der Waals surface area contributed by atoms with Crippen molar-refractivity contribution in [2.45, 2.75) is 84.3 Å². The molecule has 0 spiro atoms.